The normalized spacial score (nSPS) is 12.9. The average molecular weight is 640 g/mol. The fraction of sp³-hybridized carbons (Fsp3) is 0.267. The molecule has 0 unspecified atom stereocenters. The van der Waals surface area contributed by atoms with E-state index in [1.807, 2.05) is 71.4 Å². The summed E-state index contributed by atoms with van der Waals surface area (Å²) in [4.78, 5) is 49.3. The van der Waals surface area contributed by atoms with Crippen molar-refractivity contribution in [3.05, 3.63) is 88.4 Å². The molecular formula is C30H32Cl2N8O2S. The summed E-state index contributed by atoms with van der Waals surface area (Å²) in [6.07, 6.45) is 5.63. The molecule has 5 heterocycles. The molecule has 1 N–H and O–H groups in total. The predicted molar refractivity (Wildman–Crippen MR) is 174 cm³/mol. The van der Waals surface area contributed by atoms with Crippen LogP contribution in [-0.2, 0) is 13.5 Å². The number of thiazole rings is 1. The second-order valence-electron chi connectivity index (χ2n) is 9.93. The summed E-state index contributed by atoms with van der Waals surface area (Å²) in [6.45, 7) is 4.81. The summed E-state index contributed by atoms with van der Waals surface area (Å²) in [6, 6.07) is 13.8. The first kappa shape index (κ1) is 31.9. The number of rotatable bonds is 7. The molecule has 1 saturated heterocycles. The summed E-state index contributed by atoms with van der Waals surface area (Å²) in [5.74, 6) is 0.433. The summed E-state index contributed by atoms with van der Waals surface area (Å²) >= 11 is 1.59. The van der Waals surface area contributed by atoms with E-state index in [4.69, 9.17) is 0 Å². The maximum Gasteiger partial charge on any atom is 0.271 e. The van der Waals surface area contributed by atoms with Gasteiger partial charge >= 0.3 is 0 Å². The van der Waals surface area contributed by atoms with Gasteiger partial charge in [-0.2, -0.15) is 0 Å². The minimum atomic E-state index is -0.250. The molecule has 0 aliphatic carbocycles. The van der Waals surface area contributed by atoms with E-state index in [1.165, 1.54) is 6.20 Å². The van der Waals surface area contributed by atoms with Crippen LogP contribution >= 0.6 is 36.2 Å². The topological polar surface area (TPSA) is 109 Å². The summed E-state index contributed by atoms with van der Waals surface area (Å²) < 4.78 is 2.00. The monoisotopic (exact) mass is 638 g/mol. The lowest BCUT2D eigenvalue weighted by molar-refractivity contribution is 0.0748. The zero-order chi connectivity index (χ0) is 28.3. The van der Waals surface area contributed by atoms with Crippen molar-refractivity contribution < 1.29 is 9.59 Å². The van der Waals surface area contributed by atoms with Gasteiger partial charge in [-0.3, -0.25) is 9.59 Å². The molecule has 13 heteroatoms. The van der Waals surface area contributed by atoms with Gasteiger partial charge in [-0.05, 0) is 24.6 Å². The largest absolute Gasteiger partial charge is 0.352 e. The number of benzene rings is 1. The zero-order valence-electron chi connectivity index (χ0n) is 23.8. The molecule has 0 radical (unpaired) electrons. The number of nitrogens with one attached hydrogen (secondary N) is 1. The van der Waals surface area contributed by atoms with Crippen molar-refractivity contribution in [3.8, 4) is 11.3 Å². The maximum absolute atomic E-state index is 14.0. The Morgan fingerprint density at radius 2 is 1.70 bits per heavy atom. The zero-order valence-corrected chi connectivity index (χ0v) is 26.2. The number of carbonyl (C=O) groups excluding carboxylic acids is 2. The molecule has 0 bridgehead atoms. The van der Waals surface area contributed by atoms with Gasteiger partial charge in [0.15, 0.2) is 0 Å². The quantitative estimate of drug-likeness (QED) is 0.278. The Bertz CT molecular complexity index is 1700. The van der Waals surface area contributed by atoms with Crippen LogP contribution < -0.4 is 10.2 Å². The molecule has 1 aliphatic heterocycles. The third-order valence-electron chi connectivity index (χ3n) is 7.45. The molecule has 1 aromatic carbocycles. The molecule has 1 fully saturated rings. The van der Waals surface area contributed by atoms with Crippen LogP contribution in [0.1, 0.15) is 31.4 Å². The molecule has 6 rings (SSSR count). The van der Waals surface area contributed by atoms with Crippen LogP contribution in [0, 0.1) is 6.92 Å². The minimum Gasteiger partial charge on any atom is -0.352 e. The molecule has 4 aromatic heterocycles. The molecular weight excluding hydrogens is 607 g/mol. The maximum atomic E-state index is 14.0. The summed E-state index contributed by atoms with van der Waals surface area (Å²) in [5, 5.41) is 3.75. The van der Waals surface area contributed by atoms with E-state index in [1.54, 1.807) is 23.7 Å². The van der Waals surface area contributed by atoms with Crippen LogP contribution in [0.4, 0.5) is 5.82 Å². The van der Waals surface area contributed by atoms with Crippen LogP contribution in [0.3, 0.4) is 0 Å². The number of aryl methyl sites for hydroxylation is 2. The fourth-order valence-corrected chi connectivity index (χ4v) is 6.04. The van der Waals surface area contributed by atoms with E-state index in [0.717, 1.165) is 39.3 Å². The number of halogens is 2. The van der Waals surface area contributed by atoms with Crippen molar-refractivity contribution >= 4 is 64.8 Å². The third kappa shape index (κ3) is 6.48. The van der Waals surface area contributed by atoms with E-state index < -0.39 is 0 Å². The first-order chi connectivity index (χ1) is 20.0. The number of carbonyl (C=O) groups is 2. The number of anilines is 1. The summed E-state index contributed by atoms with van der Waals surface area (Å²) in [7, 11) is 1.96. The van der Waals surface area contributed by atoms with Crippen molar-refractivity contribution in [3.63, 3.8) is 0 Å². The van der Waals surface area contributed by atoms with Crippen LogP contribution in [0.15, 0.2) is 66.6 Å². The minimum absolute atomic E-state index is 0. The van der Waals surface area contributed by atoms with Crippen molar-refractivity contribution in [2.24, 2.45) is 7.05 Å². The highest BCUT2D eigenvalue weighted by molar-refractivity contribution is 7.09. The van der Waals surface area contributed by atoms with E-state index in [2.05, 4.69) is 30.2 Å². The third-order valence-corrected chi connectivity index (χ3v) is 8.45. The van der Waals surface area contributed by atoms with Crippen molar-refractivity contribution in [2.75, 3.05) is 37.6 Å². The van der Waals surface area contributed by atoms with Crippen LogP contribution in [-0.4, -0.2) is 73.9 Å². The molecule has 1 aliphatic rings. The SMILES string of the molecule is Cc1ncsc1CCNC(=O)c1cnc(N2CCN(C(=O)c3c(-c4ccccc4)n(C)c4ncccc34)CC2)cn1.Cl.Cl. The molecule has 43 heavy (non-hydrogen) atoms. The number of piperazine rings is 1. The highest BCUT2D eigenvalue weighted by Crippen LogP contribution is 2.33. The number of hydrogen-bond donors (Lipinski definition) is 1. The van der Waals surface area contributed by atoms with Gasteiger partial charge in [0.1, 0.15) is 17.2 Å². The van der Waals surface area contributed by atoms with Gasteiger partial charge in [0, 0.05) is 62.7 Å². The van der Waals surface area contributed by atoms with E-state index in [0.29, 0.717) is 44.1 Å². The van der Waals surface area contributed by atoms with E-state index >= 15 is 0 Å². The Balaban J connectivity index is 0.00000212. The number of pyridine rings is 1. The van der Waals surface area contributed by atoms with E-state index in [9.17, 15) is 9.59 Å². The first-order valence-electron chi connectivity index (χ1n) is 13.5. The lowest BCUT2D eigenvalue weighted by Crippen LogP contribution is -2.49. The van der Waals surface area contributed by atoms with Gasteiger partial charge in [-0.25, -0.2) is 19.9 Å². The fourth-order valence-electron chi connectivity index (χ4n) is 5.26. The lowest BCUT2D eigenvalue weighted by Gasteiger charge is -2.35. The van der Waals surface area contributed by atoms with Crippen molar-refractivity contribution in [1.82, 2.24) is 34.7 Å². The highest BCUT2D eigenvalue weighted by atomic mass is 35.5. The standard InChI is InChI=1S/C30H30N8O2S.2ClH/c1-20-24(41-19-35-20)10-12-32-29(39)23-17-34-25(18-33-23)37-13-15-38(16-14-37)30(40)26-22-9-6-11-31-28(22)36(2)27(26)21-7-4-3-5-8-21;;/h3-9,11,17-19H,10,12-16H2,1-2H3,(H,32,39);2*1H. The Morgan fingerprint density at radius 3 is 2.37 bits per heavy atom. The van der Waals surface area contributed by atoms with Crippen molar-refractivity contribution in [2.45, 2.75) is 13.3 Å². The van der Waals surface area contributed by atoms with E-state index in [-0.39, 0.29) is 42.3 Å². The van der Waals surface area contributed by atoms with Gasteiger partial charge < -0.3 is 19.7 Å². The van der Waals surface area contributed by atoms with Gasteiger partial charge in [-0.15, -0.1) is 36.2 Å². The highest BCUT2D eigenvalue weighted by Gasteiger charge is 2.29. The second kappa shape index (κ2) is 13.9. The number of fused-ring (bicyclic) bond motifs is 1. The Labute approximate surface area is 266 Å². The lowest BCUT2D eigenvalue weighted by atomic mass is 10.0. The van der Waals surface area contributed by atoms with Gasteiger partial charge in [0.2, 0.25) is 0 Å². The molecule has 10 nitrogen and oxygen atoms in total. The average Bonchev–Trinajstić information content (AvgIpc) is 3.57. The molecule has 5 aromatic rings. The Kier molecular flexibility index (Phi) is 10.3. The van der Waals surface area contributed by atoms with Gasteiger partial charge in [0.25, 0.3) is 11.8 Å². The summed E-state index contributed by atoms with van der Waals surface area (Å²) in [5.41, 5.74) is 6.40. The first-order valence-corrected chi connectivity index (χ1v) is 14.4. The molecule has 2 amide bonds. The van der Waals surface area contributed by atoms with Crippen LogP contribution in [0.25, 0.3) is 22.3 Å². The molecule has 0 atom stereocenters. The number of amides is 2. The Morgan fingerprint density at radius 1 is 0.930 bits per heavy atom. The number of aromatic nitrogens is 5. The number of nitrogens with zero attached hydrogens (tertiary/aromatic N) is 7. The van der Waals surface area contributed by atoms with Crippen molar-refractivity contribution in [1.29, 1.82) is 0 Å². The van der Waals surface area contributed by atoms with Crippen LogP contribution in [0.2, 0.25) is 0 Å². The second-order valence-corrected chi connectivity index (χ2v) is 10.9. The smallest absolute Gasteiger partial charge is 0.271 e. The van der Waals surface area contributed by atoms with Crippen LogP contribution in [0.5, 0.6) is 0 Å². The van der Waals surface area contributed by atoms with Gasteiger partial charge in [0.05, 0.1) is 34.9 Å². The molecule has 224 valence electrons. The predicted octanol–water partition coefficient (Wildman–Crippen LogP) is 4.57. The Hall–Kier alpha value is -4.06. The molecule has 0 spiro atoms. The van der Waals surface area contributed by atoms with Gasteiger partial charge in [-0.1, -0.05) is 30.3 Å². The molecule has 0 saturated carbocycles. The number of hydrogen-bond acceptors (Lipinski definition) is 8.